The number of hydrogen-bond donors (Lipinski definition) is 1. The summed E-state index contributed by atoms with van der Waals surface area (Å²) in [6.07, 6.45) is 0. The Morgan fingerprint density at radius 1 is 1.13 bits per heavy atom. The van der Waals surface area contributed by atoms with Crippen molar-refractivity contribution in [1.82, 2.24) is 4.98 Å². The zero-order valence-electron chi connectivity index (χ0n) is 11.6. The van der Waals surface area contributed by atoms with Crippen LogP contribution in [0.15, 0.2) is 47.2 Å². The molecule has 23 heavy (non-hydrogen) atoms. The molecule has 3 heterocycles. The molecule has 7 heteroatoms. The van der Waals surface area contributed by atoms with Crippen molar-refractivity contribution in [2.24, 2.45) is 0 Å². The molecule has 3 nitrogen and oxygen atoms in total. The number of carbonyl (C=O) groups is 1. The second-order valence-electron chi connectivity index (χ2n) is 4.71. The lowest BCUT2D eigenvalue weighted by Crippen LogP contribution is -2.10. The molecule has 0 aliphatic heterocycles. The molecule has 0 unspecified atom stereocenters. The summed E-state index contributed by atoms with van der Waals surface area (Å²) in [5.74, 6) is -0.219. The van der Waals surface area contributed by atoms with Crippen LogP contribution in [-0.2, 0) is 0 Å². The van der Waals surface area contributed by atoms with Crippen molar-refractivity contribution in [3.05, 3.63) is 57.1 Å². The summed E-state index contributed by atoms with van der Waals surface area (Å²) < 4.78 is 1.00. The van der Waals surface area contributed by atoms with Gasteiger partial charge in [0.05, 0.1) is 15.6 Å². The average Bonchev–Trinajstić information content (AvgIpc) is 3.27. The average molecular weight is 377 g/mol. The van der Waals surface area contributed by atoms with E-state index in [1.165, 1.54) is 22.7 Å². The van der Waals surface area contributed by atoms with Crippen molar-refractivity contribution in [3.8, 4) is 10.6 Å². The Hall–Kier alpha value is -1.73. The van der Waals surface area contributed by atoms with Crippen LogP contribution in [0.5, 0.6) is 0 Å². The van der Waals surface area contributed by atoms with E-state index in [0.717, 1.165) is 20.7 Å². The van der Waals surface area contributed by atoms with Crippen molar-refractivity contribution >= 4 is 66.7 Å². The van der Waals surface area contributed by atoms with Crippen molar-refractivity contribution in [1.29, 1.82) is 0 Å². The highest BCUT2D eigenvalue weighted by Gasteiger charge is 2.18. The molecule has 0 spiro atoms. The molecule has 114 valence electrons. The Morgan fingerprint density at radius 3 is 2.78 bits per heavy atom. The van der Waals surface area contributed by atoms with E-state index in [1.807, 2.05) is 47.2 Å². The van der Waals surface area contributed by atoms with Gasteiger partial charge in [-0.1, -0.05) is 35.9 Å². The fraction of sp³-hybridized carbons (Fsp3) is 0. The number of hydrogen-bond acceptors (Lipinski definition) is 5. The Labute approximate surface area is 149 Å². The van der Waals surface area contributed by atoms with Gasteiger partial charge in [0.1, 0.15) is 4.88 Å². The van der Waals surface area contributed by atoms with E-state index >= 15 is 0 Å². The van der Waals surface area contributed by atoms with Crippen LogP contribution in [0.4, 0.5) is 5.13 Å². The topological polar surface area (TPSA) is 42.0 Å². The van der Waals surface area contributed by atoms with E-state index in [4.69, 9.17) is 11.6 Å². The third-order valence-corrected chi connectivity index (χ3v) is 6.56. The van der Waals surface area contributed by atoms with Crippen molar-refractivity contribution in [2.45, 2.75) is 0 Å². The minimum atomic E-state index is -0.219. The maximum atomic E-state index is 12.5. The molecule has 1 amide bonds. The molecule has 0 fully saturated rings. The van der Waals surface area contributed by atoms with Gasteiger partial charge in [-0.2, -0.15) is 0 Å². The monoisotopic (exact) mass is 376 g/mol. The first-order chi connectivity index (χ1) is 11.2. The normalized spacial score (nSPS) is 11.0. The molecular formula is C16H9ClN2OS3. The van der Waals surface area contributed by atoms with Crippen LogP contribution in [-0.4, -0.2) is 10.9 Å². The molecule has 0 atom stereocenters. The third kappa shape index (κ3) is 2.79. The number of rotatable bonds is 3. The van der Waals surface area contributed by atoms with Crippen molar-refractivity contribution in [3.63, 3.8) is 0 Å². The molecule has 3 aromatic heterocycles. The predicted molar refractivity (Wildman–Crippen MR) is 100 cm³/mol. The van der Waals surface area contributed by atoms with E-state index in [-0.39, 0.29) is 5.91 Å². The molecule has 4 aromatic rings. The number of aromatic nitrogens is 1. The number of fused-ring (bicyclic) bond motifs is 1. The van der Waals surface area contributed by atoms with E-state index < -0.39 is 0 Å². The van der Waals surface area contributed by atoms with Gasteiger partial charge in [-0.15, -0.1) is 34.0 Å². The second kappa shape index (κ2) is 6.05. The van der Waals surface area contributed by atoms with Crippen LogP contribution in [0.3, 0.4) is 0 Å². The van der Waals surface area contributed by atoms with Crippen LogP contribution in [0.25, 0.3) is 20.7 Å². The molecule has 1 N–H and O–H groups in total. The van der Waals surface area contributed by atoms with Crippen molar-refractivity contribution in [2.75, 3.05) is 5.32 Å². The lowest BCUT2D eigenvalue weighted by molar-refractivity contribution is 0.103. The molecule has 4 rings (SSSR count). The number of nitrogens with one attached hydrogen (secondary N) is 1. The minimum absolute atomic E-state index is 0.219. The molecule has 1 aromatic carbocycles. The van der Waals surface area contributed by atoms with Gasteiger partial charge in [0, 0.05) is 15.5 Å². The largest absolute Gasteiger partial charge is 0.297 e. The van der Waals surface area contributed by atoms with Gasteiger partial charge in [-0.3, -0.25) is 10.1 Å². The number of benzene rings is 1. The zero-order chi connectivity index (χ0) is 15.8. The van der Waals surface area contributed by atoms with Crippen LogP contribution < -0.4 is 5.32 Å². The van der Waals surface area contributed by atoms with Crippen LogP contribution >= 0.6 is 45.6 Å². The zero-order valence-corrected chi connectivity index (χ0v) is 14.8. The second-order valence-corrected chi connectivity index (χ2v) is 7.95. The number of thiazole rings is 1. The smallest absolute Gasteiger partial charge is 0.269 e. The van der Waals surface area contributed by atoms with Gasteiger partial charge in [-0.05, 0) is 17.5 Å². The third-order valence-electron chi connectivity index (χ3n) is 3.24. The number of amides is 1. The number of thiophene rings is 2. The van der Waals surface area contributed by atoms with Crippen LogP contribution in [0.2, 0.25) is 5.02 Å². The lowest BCUT2D eigenvalue weighted by Gasteiger charge is -1.99. The SMILES string of the molecule is O=C(Nc1nc(-c2cccs2)cs1)c1sc2ccccc2c1Cl. The van der Waals surface area contributed by atoms with E-state index in [1.54, 1.807) is 11.3 Å². The van der Waals surface area contributed by atoms with E-state index in [2.05, 4.69) is 10.3 Å². The fourth-order valence-corrected chi connectivity index (χ4v) is 5.06. The quantitative estimate of drug-likeness (QED) is 0.477. The molecular weight excluding hydrogens is 368 g/mol. The number of anilines is 1. The highest BCUT2D eigenvalue weighted by Crippen LogP contribution is 2.36. The van der Waals surface area contributed by atoms with Gasteiger partial charge in [0.15, 0.2) is 5.13 Å². The number of carbonyl (C=O) groups excluding carboxylic acids is 1. The molecule has 0 radical (unpaired) electrons. The predicted octanol–water partition coefficient (Wildman–Crippen LogP) is 5.99. The fourth-order valence-electron chi connectivity index (χ4n) is 2.18. The molecule has 0 bridgehead atoms. The lowest BCUT2D eigenvalue weighted by atomic mass is 10.2. The van der Waals surface area contributed by atoms with E-state index in [0.29, 0.717) is 15.0 Å². The minimum Gasteiger partial charge on any atom is -0.297 e. The number of halogens is 1. The Bertz CT molecular complexity index is 988. The Balaban J connectivity index is 1.61. The van der Waals surface area contributed by atoms with E-state index in [9.17, 15) is 4.79 Å². The summed E-state index contributed by atoms with van der Waals surface area (Å²) in [6, 6.07) is 11.7. The summed E-state index contributed by atoms with van der Waals surface area (Å²) in [4.78, 5) is 18.5. The molecule has 0 saturated heterocycles. The van der Waals surface area contributed by atoms with Crippen LogP contribution in [0, 0.1) is 0 Å². The Morgan fingerprint density at radius 2 is 2.00 bits per heavy atom. The highest BCUT2D eigenvalue weighted by molar-refractivity contribution is 7.22. The summed E-state index contributed by atoms with van der Waals surface area (Å²) in [7, 11) is 0. The molecule has 0 saturated carbocycles. The molecule has 0 aliphatic rings. The van der Waals surface area contributed by atoms with Crippen molar-refractivity contribution < 1.29 is 4.79 Å². The first-order valence-corrected chi connectivity index (χ1v) is 9.65. The van der Waals surface area contributed by atoms with Gasteiger partial charge in [0.25, 0.3) is 5.91 Å². The number of nitrogens with zero attached hydrogens (tertiary/aromatic N) is 1. The summed E-state index contributed by atoms with van der Waals surface area (Å²) in [6.45, 7) is 0. The van der Waals surface area contributed by atoms with Gasteiger partial charge in [0.2, 0.25) is 0 Å². The molecule has 0 aliphatic carbocycles. The summed E-state index contributed by atoms with van der Waals surface area (Å²) >= 11 is 10.8. The Kier molecular flexibility index (Phi) is 3.90. The first-order valence-electron chi connectivity index (χ1n) is 6.70. The summed E-state index contributed by atoms with van der Waals surface area (Å²) in [5.41, 5.74) is 0.878. The van der Waals surface area contributed by atoms with Crippen LogP contribution in [0.1, 0.15) is 9.67 Å². The van der Waals surface area contributed by atoms with Gasteiger partial charge in [-0.25, -0.2) is 4.98 Å². The maximum Gasteiger partial charge on any atom is 0.269 e. The standard InChI is InChI=1S/C16H9ClN2OS3/c17-13-9-4-1-2-5-11(9)23-14(13)15(20)19-16-18-10(8-22-16)12-6-3-7-21-12/h1-8H,(H,18,19,20). The summed E-state index contributed by atoms with van der Waals surface area (Å²) in [5, 5.41) is 8.76. The van der Waals surface area contributed by atoms with Gasteiger partial charge >= 0.3 is 0 Å². The highest BCUT2D eigenvalue weighted by atomic mass is 35.5. The first kappa shape index (κ1) is 14.8. The van der Waals surface area contributed by atoms with Gasteiger partial charge < -0.3 is 0 Å². The maximum absolute atomic E-state index is 12.5.